The van der Waals surface area contributed by atoms with E-state index in [1.165, 1.54) is 6.33 Å². The predicted octanol–water partition coefficient (Wildman–Crippen LogP) is 2.28. The fourth-order valence-electron chi connectivity index (χ4n) is 2.33. The van der Waals surface area contributed by atoms with Crippen LogP contribution in [-0.4, -0.2) is 38.5 Å². The normalized spacial score (nSPS) is 12.3. The summed E-state index contributed by atoms with van der Waals surface area (Å²) in [5, 5.41) is 18.6. The lowest BCUT2D eigenvalue weighted by atomic mass is 10.1. The highest BCUT2D eigenvalue weighted by atomic mass is 79.9. The fourth-order valence-corrected chi connectivity index (χ4v) is 2.94. The van der Waals surface area contributed by atoms with E-state index < -0.39 is 6.10 Å². The molecule has 8 heteroatoms. The zero-order chi connectivity index (χ0) is 16.4. The third-order valence-electron chi connectivity index (χ3n) is 3.52. The van der Waals surface area contributed by atoms with Gasteiger partial charge in [0.1, 0.15) is 22.5 Å². The first-order valence-corrected chi connectivity index (χ1v) is 7.78. The number of hydrogen-bond acceptors (Lipinski definition) is 6. The number of aliphatic hydroxyl groups excluding tert-OH is 1. The number of aryl methyl sites for hydroxylation is 1. The molecular formula is C15H16BrN5O2. The minimum atomic E-state index is -0.689. The number of anilines is 1. The van der Waals surface area contributed by atoms with Gasteiger partial charge in [-0.05, 0) is 33.6 Å². The van der Waals surface area contributed by atoms with E-state index in [-0.39, 0.29) is 0 Å². The first-order chi connectivity index (χ1) is 11.1. The Labute approximate surface area is 141 Å². The van der Waals surface area contributed by atoms with Crippen molar-refractivity contribution in [1.29, 1.82) is 0 Å². The van der Waals surface area contributed by atoms with Crippen LogP contribution in [0.4, 0.5) is 5.82 Å². The zero-order valence-corrected chi connectivity index (χ0v) is 14.3. The van der Waals surface area contributed by atoms with Gasteiger partial charge in [-0.25, -0.2) is 14.6 Å². The van der Waals surface area contributed by atoms with Crippen molar-refractivity contribution >= 4 is 32.8 Å². The van der Waals surface area contributed by atoms with Crippen molar-refractivity contribution in [3.05, 3.63) is 40.8 Å². The SMILES string of the molecule is COc1cccc([C@H](O)CNc2ncnc3c2c(Br)nn3C)c1. The summed E-state index contributed by atoms with van der Waals surface area (Å²) >= 11 is 3.41. The second-order valence-electron chi connectivity index (χ2n) is 5.01. The number of halogens is 1. The molecule has 2 heterocycles. The second-order valence-corrected chi connectivity index (χ2v) is 5.76. The van der Waals surface area contributed by atoms with Gasteiger partial charge in [-0.1, -0.05) is 12.1 Å². The topological polar surface area (TPSA) is 85.1 Å². The van der Waals surface area contributed by atoms with Gasteiger partial charge < -0.3 is 15.2 Å². The maximum atomic E-state index is 10.4. The summed E-state index contributed by atoms with van der Waals surface area (Å²) in [5.41, 5.74) is 1.48. The van der Waals surface area contributed by atoms with Gasteiger partial charge in [0.2, 0.25) is 0 Å². The maximum Gasteiger partial charge on any atom is 0.164 e. The Morgan fingerprint density at radius 3 is 3.00 bits per heavy atom. The van der Waals surface area contributed by atoms with Crippen LogP contribution in [0.3, 0.4) is 0 Å². The Hall–Kier alpha value is -2.19. The third-order valence-corrected chi connectivity index (χ3v) is 4.07. The molecule has 1 atom stereocenters. The summed E-state index contributed by atoms with van der Waals surface area (Å²) in [4.78, 5) is 8.45. The average Bonchev–Trinajstić information content (AvgIpc) is 2.87. The number of nitrogens with one attached hydrogen (secondary N) is 1. The van der Waals surface area contributed by atoms with Crippen LogP contribution in [0.25, 0.3) is 11.0 Å². The zero-order valence-electron chi connectivity index (χ0n) is 12.7. The molecule has 0 bridgehead atoms. The summed E-state index contributed by atoms with van der Waals surface area (Å²) in [6.45, 7) is 0.306. The molecule has 0 aliphatic rings. The quantitative estimate of drug-likeness (QED) is 0.709. The Bertz CT molecular complexity index is 836. The van der Waals surface area contributed by atoms with Crippen molar-refractivity contribution in [2.75, 3.05) is 19.0 Å². The number of nitrogens with zero attached hydrogens (tertiary/aromatic N) is 4. The molecule has 0 aliphatic heterocycles. The lowest BCUT2D eigenvalue weighted by Crippen LogP contribution is -2.13. The molecule has 23 heavy (non-hydrogen) atoms. The maximum absolute atomic E-state index is 10.4. The Kier molecular flexibility index (Phi) is 4.44. The van der Waals surface area contributed by atoms with Crippen LogP contribution in [-0.2, 0) is 7.05 Å². The van der Waals surface area contributed by atoms with Crippen LogP contribution in [0.2, 0.25) is 0 Å². The number of methoxy groups -OCH3 is 1. The standard InChI is InChI=1S/C15H16BrN5O2/c1-21-15-12(13(16)20-21)14(18-8-19-15)17-7-11(22)9-4-3-5-10(6-9)23-2/h3-6,8,11,22H,7H2,1-2H3,(H,17,18,19)/t11-/m1/s1. The molecular weight excluding hydrogens is 362 g/mol. The van der Waals surface area contributed by atoms with E-state index in [2.05, 4.69) is 36.3 Å². The van der Waals surface area contributed by atoms with E-state index in [0.29, 0.717) is 28.4 Å². The molecule has 0 amide bonds. The van der Waals surface area contributed by atoms with Crippen molar-refractivity contribution in [2.45, 2.75) is 6.10 Å². The number of ether oxygens (including phenoxy) is 1. The highest BCUT2D eigenvalue weighted by Gasteiger charge is 2.15. The highest BCUT2D eigenvalue weighted by molar-refractivity contribution is 9.10. The molecule has 0 unspecified atom stereocenters. The van der Waals surface area contributed by atoms with E-state index in [1.807, 2.05) is 31.3 Å². The van der Waals surface area contributed by atoms with Gasteiger partial charge in [0, 0.05) is 13.6 Å². The first-order valence-electron chi connectivity index (χ1n) is 6.99. The van der Waals surface area contributed by atoms with Crippen LogP contribution in [0.15, 0.2) is 35.2 Å². The molecule has 1 aromatic carbocycles. The summed E-state index contributed by atoms with van der Waals surface area (Å²) < 4.78 is 7.51. The van der Waals surface area contributed by atoms with Gasteiger partial charge in [0.15, 0.2) is 5.65 Å². The van der Waals surface area contributed by atoms with Gasteiger partial charge in [0.25, 0.3) is 0 Å². The van der Waals surface area contributed by atoms with Crippen molar-refractivity contribution in [2.24, 2.45) is 7.05 Å². The van der Waals surface area contributed by atoms with Crippen molar-refractivity contribution < 1.29 is 9.84 Å². The number of aliphatic hydroxyl groups is 1. The number of hydrogen-bond donors (Lipinski definition) is 2. The molecule has 2 N–H and O–H groups in total. The van der Waals surface area contributed by atoms with Crippen LogP contribution < -0.4 is 10.1 Å². The smallest absolute Gasteiger partial charge is 0.164 e. The Morgan fingerprint density at radius 2 is 2.22 bits per heavy atom. The number of aromatic nitrogens is 4. The minimum Gasteiger partial charge on any atom is -0.497 e. The largest absolute Gasteiger partial charge is 0.497 e. The predicted molar refractivity (Wildman–Crippen MR) is 90.4 cm³/mol. The molecule has 7 nitrogen and oxygen atoms in total. The molecule has 120 valence electrons. The molecule has 0 fully saturated rings. The Balaban J connectivity index is 1.80. The lowest BCUT2D eigenvalue weighted by molar-refractivity contribution is 0.191. The monoisotopic (exact) mass is 377 g/mol. The number of benzene rings is 1. The molecule has 3 aromatic rings. The van der Waals surface area contributed by atoms with E-state index >= 15 is 0 Å². The summed E-state index contributed by atoms with van der Waals surface area (Å²) in [7, 11) is 3.41. The average molecular weight is 378 g/mol. The minimum absolute atomic E-state index is 0.306. The van der Waals surface area contributed by atoms with E-state index in [9.17, 15) is 5.11 Å². The number of fused-ring (bicyclic) bond motifs is 1. The molecule has 3 rings (SSSR count). The van der Waals surface area contributed by atoms with E-state index in [0.717, 1.165) is 10.9 Å². The summed E-state index contributed by atoms with van der Waals surface area (Å²) in [6.07, 6.45) is 0.780. The van der Waals surface area contributed by atoms with Crippen molar-refractivity contribution in [3.63, 3.8) is 0 Å². The summed E-state index contributed by atoms with van der Waals surface area (Å²) in [6, 6.07) is 7.34. The van der Waals surface area contributed by atoms with Crippen molar-refractivity contribution in [3.8, 4) is 5.75 Å². The lowest BCUT2D eigenvalue weighted by Gasteiger charge is -2.14. The fraction of sp³-hybridized carbons (Fsp3) is 0.267. The molecule has 2 aromatic heterocycles. The van der Waals surface area contributed by atoms with Gasteiger partial charge in [0.05, 0.1) is 18.6 Å². The van der Waals surface area contributed by atoms with Gasteiger partial charge in [-0.2, -0.15) is 5.10 Å². The molecule has 0 radical (unpaired) electrons. The van der Waals surface area contributed by atoms with Gasteiger partial charge in [-0.15, -0.1) is 0 Å². The molecule has 0 saturated carbocycles. The number of rotatable bonds is 5. The second kappa shape index (κ2) is 6.51. The summed E-state index contributed by atoms with van der Waals surface area (Å²) in [5.74, 6) is 1.33. The molecule has 0 saturated heterocycles. The van der Waals surface area contributed by atoms with E-state index in [1.54, 1.807) is 11.8 Å². The third kappa shape index (κ3) is 3.13. The first kappa shape index (κ1) is 15.7. The van der Waals surface area contributed by atoms with Crippen LogP contribution >= 0.6 is 15.9 Å². The van der Waals surface area contributed by atoms with Gasteiger partial charge >= 0.3 is 0 Å². The Morgan fingerprint density at radius 1 is 1.39 bits per heavy atom. The molecule has 0 spiro atoms. The van der Waals surface area contributed by atoms with Crippen molar-refractivity contribution in [1.82, 2.24) is 19.7 Å². The van der Waals surface area contributed by atoms with E-state index in [4.69, 9.17) is 4.74 Å². The highest BCUT2D eigenvalue weighted by Crippen LogP contribution is 2.27. The van der Waals surface area contributed by atoms with Crippen LogP contribution in [0.5, 0.6) is 5.75 Å². The van der Waals surface area contributed by atoms with Gasteiger partial charge in [-0.3, -0.25) is 0 Å². The van der Waals surface area contributed by atoms with Crippen LogP contribution in [0, 0.1) is 0 Å². The molecule has 0 aliphatic carbocycles. The van der Waals surface area contributed by atoms with Crippen LogP contribution in [0.1, 0.15) is 11.7 Å².